The lowest BCUT2D eigenvalue weighted by molar-refractivity contribution is 0.558. The zero-order chi connectivity index (χ0) is 17.1. The van der Waals surface area contributed by atoms with Crippen molar-refractivity contribution in [2.75, 3.05) is 10.8 Å². The summed E-state index contributed by atoms with van der Waals surface area (Å²) in [7, 11) is 0. The predicted octanol–water partition coefficient (Wildman–Crippen LogP) is 3.15. The minimum absolute atomic E-state index is 0.152. The van der Waals surface area contributed by atoms with Crippen LogP contribution in [0.15, 0.2) is 17.3 Å². The zero-order valence-electron chi connectivity index (χ0n) is 14.5. The van der Waals surface area contributed by atoms with Gasteiger partial charge in [-0.1, -0.05) is 23.9 Å². The molecule has 2 unspecified atom stereocenters. The minimum Gasteiger partial charge on any atom is -0.276 e. The van der Waals surface area contributed by atoms with Gasteiger partial charge >= 0.3 is 0 Å². The first-order valence-corrected chi connectivity index (χ1v) is 10.6. The number of hydrazine groups is 1. The fraction of sp³-hybridized carbons (Fsp3) is 0.529. The molecular weight excluding hydrogens is 352 g/mol. The molecule has 0 bridgehead atoms. The van der Waals surface area contributed by atoms with Crippen LogP contribution in [0.25, 0.3) is 5.00 Å². The maximum Gasteiger partial charge on any atom is 0.249 e. The van der Waals surface area contributed by atoms with Crippen LogP contribution in [0.4, 0.5) is 5.95 Å². The first-order chi connectivity index (χ1) is 12.1. The fourth-order valence-corrected chi connectivity index (χ4v) is 6.17. The van der Waals surface area contributed by atoms with Gasteiger partial charge in [0.1, 0.15) is 11.2 Å². The van der Waals surface area contributed by atoms with E-state index in [-0.39, 0.29) is 12.3 Å². The number of rotatable bonds is 3. The molecule has 0 radical (unpaired) electrons. The Balaban J connectivity index is 1.68. The van der Waals surface area contributed by atoms with Crippen molar-refractivity contribution in [1.82, 2.24) is 25.5 Å². The molecule has 2 aliphatic heterocycles. The molecule has 1 fully saturated rings. The van der Waals surface area contributed by atoms with E-state index in [1.807, 2.05) is 11.3 Å². The number of hydrogen-bond donors (Lipinski definition) is 2. The van der Waals surface area contributed by atoms with Crippen molar-refractivity contribution in [2.24, 2.45) is 0 Å². The number of aryl methyl sites for hydroxylation is 1. The Bertz CT molecular complexity index is 854. The van der Waals surface area contributed by atoms with Gasteiger partial charge < -0.3 is 0 Å². The van der Waals surface area contributed by atoms with Gasteiger partial charge in [0.2, 0.25) is 5.95 Å². The highest BCUT2D eigenvalue weighted by molar-refractivity contribution is 7.99. The highest BCUT2D eigenvalue weighted by atomic mass is 32.2. The third kappa shape index (κ3) is 2.38. The Hall–Kier alpha value is -1.35. The lowest BCUT2D eigenvalue weighted by atomic mass is 9.94. The molecule has 1 saturated heterocycles. The number of anilines is 1. The Labute approximate surface area is 155 Å². The first-order valence-electron chi connectivity index (χ1n) is 8.82. The highest BCUT2D eigenvalue weighted by Crippen LogP contribution is 2.48. The van der Waals surface area contributed by atoms with Crippen LogP contribution in [0.2, 0.25) is 0 Å². The van der Waals surface area contributed by atoms with Gasteiger partial charge in [0.25, 0.3) is 0 Å². The third-order valence-corrected chi connectivity index (χ3v) is 7.40. The first kappa shape index (κ1) is 15.9. The second-order valence-electron chi connectivity index (χ2n) is 7.08. The lowest BCUT2D eigenvalue weighted by Gasteiger charge is -2.31. The normalized spacial score (nSPS) is 23.8. The molecule has 2 aromatic rings. The van der Waals surface area contributed by atoms with Crippen LogP contribution < -0.4 is 15.8 Å². The van der Waals surface area contributed by atoms with E-state index in [0.29, 0.717) is 0 Å². The summed E-state index contributed by atoms with van der Waals surface area (Å²) in [6.45, 7) is 8.22. The number of nitrogens with one attached hydrogen (secondary N) is 2. The molecule has 2 aromatic heterocycles. The Kier molecular flexibility index (Phi) is 3.70. The summed E-state index contributed by atoms with van der Waals surface area (Å²) in [6.07, 6.45) is 5.35. The molecule has 0 saturated carbocycles. The zero-order valence-corrected chi connectivity index (χ0v) is 16.1. The molecule has 132 valence electrons. The van der Waals surface area contributed by atoms with Gasteiger partial charge in [-0.25, -0.2) is 9.99 Å². The number of thiophene rings is 1. The van der Waals surface area contributed by atoms with Gasteiger partial charge in [-0.05, 0) is 45.1 Å². The number of aromatic nitrogens is 3. The van der Waals surface area contributed by atoms with Gasteiger partial charge in [0, 0.05) is 16.2 Å². The number of hydrogen-bond acceptors (Lipinski definition) is 7. The summed E-state index contributed by atoms with van der Waals surface area (Å²) in [5, 5.41) is 17.1. The van der Waals surface area contributed by atoms with Crippen molar-refractivity contribution in [1.29, 1.82) is 0 Å². The quantitative estimate of drug-likeness (QED) is 0.636. The van der Waals surface area contributed by atoms with Crippen molar-refractivity contribution in [3.8, 4) is 5.00 Å². The molecule has 0 spiro atoms. The van der Waals surface area contributed by atoms with Gasteiger partial charge in [-0.3, -0.25) is 10.3 Å². The molecule has 0 amide bonds. The third-order valence-electron chi connectivity index (χ3n) is 4.95. The van der Waals surface area contributed by atoms with E-state index in [1.165, 1.54) is 36.2 Å². The van der Waals surface area contributed by atoms with Gasteiger partial charge in [-0.15, -0.1) is 21.5 Å². The Morgan fingerprint density at radius 1 is 1.36 bits per heavy atom. The van der Waals surface area contributed by atoms with Crippen LogP contribution in [0.3, 0.4) is 0 Å². The van der Waals surface area contributed by atoms with Crippen LogP contribution in [-0.4, -0.2) is 26.7 Å². The summed E-state index contributed by atoms with van der Waals surface area (Å²) >= 11 is 3.65. The van der Waals surface area contributed by atoms with Crippen LogP contribution in [0.1, 0.15) is 48.9 Å². The Morgan fingerprint density at radius 2 is 2.20 bits per heavy atom. The van der Waals surface area contributed by atoms with Crippen LogP contribution in [-0.2, 0) is 12.8 Å². The summed E-state index contributed by atoms with van der Waals surface area (Å²) in [5.41, 5.74) is 7.64. The molecule has 5 rings (SSSR count). The van der Waals surface area contributed by atoms with Crippen LogP contribution in [0, 0.1) is 0 Å². The second-order valence-corrected chi connectivity index (χ2v) is 9.11. The van der Waals surface area contributed by atoms with E-state index in [2.05, 4.69) is 50.9 Å². The molecule has 8 heteroatoms. The highest BCUT2D eigenvalue weighted by Gasteiger charge is 2.43. The van der Waals surface area contributed by atoms with E-state index in [4.69, 9.17) is 0 Å². The fourth-order valence-electron chi connectivity index (χ4n) is 3.92. The van der Waals surface area contributed by atoms with E-state index in [9.17, 15) is 0 Å². The molecule has 25 heavy (non-hydrogen) atoms. The van der Waals surface area contributed by atoms with Gasteiger partial charge in [-0.2, -0.15) is 0 Å². The van der Waals surface area contributed by atoms with E-state index >= 15 is 0 Å². The largest absolute Gasteiger partial charge is 0.276 e. The molecule has 6 nitrogen and oxygen atoms in total. The lowest BCUT2D eigenvalue weighted by Crippen LogP contribution is -2.40. The van der Waals surface area contributed by atoms with Crippen molar-refractivity contribution in [3.63, 3.8) is 0 Å². The average molecular weight is 375 g/mol. The van der Waals surface area contributed by atoms with Crippen molar-refractivity contribution in [2.45, 2.75) is 57.0 Å². The molecule has 3 aliphatic rings. The van der Waals surface area contributed by atoms with Crippen molar-refractivity contribution >= 4 is 29.0 Å². The number of nitrogens with zero attached hydrogens (tertiary/aromatic N) is 4. The number of fused-ring (bicyclic) bond motifs is 8. The maximum atomic E-state index is 4.51. The second kappa shape index (κ2) is 5.84. The van der Waals surface area contributed by atoms with Gasteiger partial charge in [0.15, 0.2) is 5.16 Å². The SMILES string of the molecule is C=C(C)CSc1nnc2n1-c1sc3c(c1C1NC(C)NN21)CCCC3. The van der Waals surface area contributed by atoms with Crippen LogP contribution >= 0.6 is 23.1 Å². The van der Waals surface area contributed by atoms with E-state index in [0.717, 1.165) is 22.4 Å². The molecular formula is C17H22N6S2. The summed E-state index contributed by atoms with van der Waals surface area (Å²) in [4.78, 5) is 1.55. The van der Waals surface area contributed by atoms with Crippen molar-refractivity contribution in [3.05, 3.63) is 28.2 Å². The number of thioether (sulfide) groups is 1. The van der Waals surface area contributed by atoms with E-state index in [1.54, 1.807) is 22.2 Å². The molecule has 0 aromatic carbocycles. The molecule has 2 N–H and O–H groups in total. The van der Waals surface area contributed by atoms with E-state index < -0.39 is 0 Å². The minimum atomic E-state index is 0.152. The van der Waals surface area contributed by atoms with Crippen LogP contribution in [0.5, 0.6) is 0 Å². The summed E-state index contributed by atoms with van der Waals surface area (Å²) in [5.74, 6) is 1.75. The topological polar surface area (TPSA) is 58.0 Å². The smallest absolute Gasteiger partial charge is 0.249 e. The maximum absolute atomic E-state index is 4.51. The van der Waals surface area contributed by atoms with Gasteiger partial charge in [0.05, 0.1) is 6.17 Å². The van der Waals surface area contributed by atoms with Crippen molar-refractivity contribution < 1.29 is 0 Å². The summed E-state index contributed by atoms with van der Waals surface area (Å²) < 4.78 is 2.25. The monoisotopic (exact) mass is 374 g/mol. The standard InChI is InChI=1S/C17H22N6S2/c1-9(2)8-24-17-20-19-16-22(17)15-13(14-18-10(3)21-23(14)16)11-6-4-5-7-12(11)25-15/h10,14,18,21H,1,4-8H2,2-3H3. The Morgan fingerprint density at radius 3 is 3.04 bits per heavy atom. The molecule has 1 aliphatic carbocycles. The average Bonchev–Trinajstić information content (AvgIpc) is 3.25. The molecule has 4 heterocycles. The predicted molar refractivity (Wildman–Crippen MR) is 102 cm³/mol. The molecule has 2 atom stereocenters. The summed E-state index contributed by atoms with van der Waals surface area (Å²) in [6, 6.07) is 0.